The molecule has 1 fully saturated rings. The van der Waals surface area contributed by atoms with Gasteiger partial charge in [0.15, 0.2) is 17.3 Å². The van der Waals surface area contributed by atoms with E-state index in [4.69, 9.17) is 0 Å². The van der Waals surface area contributed by atoms with Crippen molar-refractivity contribution >= 4 is 34.0 Å². The van der Waals surface area contributed by atoms with Gasteiger partial charge in [-0.3, -0.25) is 14.9 Å². The van der Waals surface area contributed by atoms with Crippen LogP contribution in [-0.4, -0.2) is 50.2 Å². The monoisotopic (exact) mass is 425 g/mol. The maximum absolute atomic E-state index is 15.4. The van der Waals surface area contributed by atoms with Gasteiger partial charge in [-0.1, -0.05) is 0 Å². The number of H-pyrrole nitrogens is 1. The summed E-state index contributed by atoms with van der Waals surface area (Å²) in [5.74, 6) is -0.989. The first kappa shape index (κ1) is 19.4. The first-order valence-corrected chi connectivity index (χ1v) is 10.0. The van der Waals surface area contributed by atoms with Crippen molar-refractivity contribution in [3.05, 3.63) is 36.2 Å². The number of amides is 1. The Hall–Kier alpha value is -3.56. The number of imidazole rings is 1. The lowest BCUT2D eigenvalue weighted by Gasteiger charge is -2.21. The first-order valence-electron chi connectivity index (χ1n) is 10.0. The van der Waals surface area contributed by atoms with Gasteiger partial charge >= 0.3 is 0 Å². The van der Waals surface area contributed by atoms with Crippen molar-refractivity contribution in [3.8, 4) is 11.3 Å². The summed E-state index contributed by atoms with van der Waals surface area (Å²) in [6.07, 6.45) is 5.75. The average molecular weight is 425 g/mol. The van der Waals surface area contributed by atoms with Gasteiger partial charge in [0, 0.05) is 30.7 Å². The molecule has 3 heterocycles. The van der Waals surface area contributed by atoms with Gasteiger partial charge in [-0.05, 0) is 25.8 Å². The quantitative estimate of drug-likeness (QED) is 0.511. The van der Waals surface area contributed by atoms with Gasteiger partial charge in [0.05, 0.1) is 41.4 Å². The molecule has 1 aliphatic rings. The van der Waals surface area contributed by atoms with E-state index in [-0.39, 0.29) is 18.1 Å². The summed E-state index contributed by atoms with van der Waals surface area (Å²) >= 11 is 0. The largest absolute Gasteiger partial charge is 0.371 e. The fraction of sp³-hybridized carbons (Fsp3) is 0.333. The third-order valence-electron chi connectivity index (χ3n) is 5.81. The molecule has 8 nitrogen and oxygen atoms in total. The molecule has 0 spiro atoms. The Morgan fingerprint density at radius 1 is 1.39 bits per heavy atom. The first-order chi connectivity index (χ1) is 14.9. The van der Waals surface area contributed by atoms with Gasteiger partial charge in [0.25, 0.3) is 0 Å². The zero-order valence-corrected chi connectivity index (χ0v) is 17.3. The van der Waals surface area contributed by atoms with Gasteiger partial charge in [-0.15, -0.1) is 0 Å². The standard InChI is InChI=1S/C21H21F2N7O/c1-4-29(3)20-18(23)10(2)17(12-6-25-28-19(12)20)14-8-30-9-15(26-16(30)7-24-14)27-21(31)11-5-13(11)22/h6-9,11,13H,4-5H2,1-3H3,(H,25,28)(H,27,31). The van der Waals surface area contributed by atoms with Gasteiger partial charge in [-0.2, -0.15) is 5.10 Å². The van der Waals surface area contributed by atoms with Crippen LogP contribution in [0.1, 0.15) is 18.9 Å². The minimum Gasteiger partial charge on any atom is -0.371 e. The number of aromatic nitrogens is 5. The highest BCUT2D eigenvalue weighted by Crippen LogP contribution is 2.39. The smallest absolute Gasteiger partial charge is 0.231 e. The molecule has 1 amide bonds. The minimum atomic E-state index is -1.07. The Labute approximate surface area is 176 Å². The fourth-order valence-corrected chi connectivity index (χ4v) is 3.84. The van der Waals surface area contributed by atoms with E-state index in [1.54, 1.807) is 36.1 Å². The van der Waals surface area contributed by atoms with Crippen molar-refractivity contribution in [3.63, 3.8) is 0 Å². The average Bonchev–Trinajstić information content (AvgIpc) is 3.12. The van der Waals surface area contributed by atoms with Crippen LogP contribution in [0.5, 0.6) is 0 Å². The predicted molar refractivity (Wildman–Crippen MR) is 113 cm³/mol. The summed E-state index contributed by atoms with van der Waals surface area (Å²) in [5, 5.41) is 10.4. The lowest BCUT2D eigenvalue weighted by Crippen LogP contribution is -2.18. The number of anilines is 2. The van der Waals surface area contributed by atoms with Crippen LogP contribution in [-0.2, 0) is 4.79 Å². The highest BCUT2D eigenvalue weighted by Gasteiger charge is 2.43. The van der Waals surface area contributed by atoms with E-state index >= 15 is 4.39 Å². The SMILES string of the molecule is CCN(C)c1c(F)c(C)c(-c2cn3cc(NC(=O)C4CC4F)nc3cn2)c2cn[nH]c12. The summed E-state index contributed by atoms with van der Waals surface area (Å²) in [6, 6.07) is 0. The number of halogens is 2. The number of hydrogen-bond acceptors (Lipinski definition) is 5. The zero-order chi connectivity index (χ0) is 21.9. The van der Waals surface area contributed by atoms with Gasteiger partial charge in [0.1, 0.15) is 6.17 Å². The maximum atomic E-state index is 15.4. The molecule has 2 N–H and O–H groups in total. The van der Waals surface area contributed by atoms with Crippen LogP contribution in [0.25, 0.3) is 27.8 Å². The lowest BCUT2D eigenvalue weighted by molar-refractivity contribution is -0.117. The van der Waals surface area contributed by atoms with Crippen LogP contribution in [0.3, 0.4) is 0 Å². The summed E-state index contributed by atoms with van der Waals surface area (Å²) in [6.45, 7) is 4.31. The van der Waals surface area contributed by atoms with E-state index < -0.39 is 12.1 Å². The van der Waals surface area contributed by atoms with Gasteiger partial charge in [-0.25, -0.2) is 13.8 Å². The molecular weight excluding hydrogens is 404 g/mol. The van der Waals surface area contributed by atoms with Crippen LogP contribution in [0.15, 0.2) is 24.8 Å². The van der Waals surface area contributed by atoms with Crippen molar-refractivity contribution < 1.29 is 13.6 Å². The van der Waals surface area contributed by atoms with Crippen molar-refractivity contribution in [2.24, 2.45) is 5.92 Å². The maximum Gasteiger partial charge on any atom is 0.231 e. The second-order valence-electron chi connectivity index (χ2n) is 7.85. The van der Waals surface area contributed by atoms with E-state index in [0.29, 0.717) is 46.0 Å². The molecule has 10 heteroatoms. The molecule has 160 valence electrons. The number of carbonyl (C=O) groups excluding carboxylic acids is 1. The summed E-state index contributed by atoms with van der Waals surface area (Å²) < 4.78 is 30.2. The lowest BCUT2D eigenvalue weighted by atomic mass is 9.99. The van der Waals surface area contributed by atoms with E-state index in [1.807, 2.05) is 18.9 Å². The molecule has 2 unspecified atom stereocenters. The van der Waals surface area contributed by atoms with Crippen molar-refractivity contribution in [2.75, 3.05) is 23.8 Å². The molecular formula is C21H21F2N7O. The Balaban J connectivity index is 1.58. The predicted octanol–water partition coefficient (Wildman–Crippen LogP) is 3.47. The second-order valence-corrected chi connectivity index (χ2v) is 7.85. The molecule has 1 aromatic carbocycles. The number of benzene rings is 1. The highest BCUT2D eigenvalue weighted by molar-refractivity contribution is 6.02. The molecule has 3 aromatic heterocycles. The number of hydrogen-bond donors (Lipinski definition) is 2. The van der Waals surface area contributed by atoms with Gasteiger partial charge in [0.2, 0.25) is 5.91 Å². The summed E-state index contributed by atoms with van der Waals surface area (Å²) in [7, 11) is 1.83. The van der Waals surface area contributed by atoms with Crippen LogP contribution in [0.4, 0.5) is 20.3 Å². The minimum absolute atomic E-state index is 0.250. The molecule has 5 rings (SSSR count). The van der Waals surface area contributed by atoms with E-state index in [0.717, 1.165) is 5.39 Å². The van der Waals surface area contributed by atoms with Crippen LogP contribution in [0, 0.1) is 18.7 Å². The summed E-state index contributed by atoms with van der Waals surface area (Å²) in [5.41, 5.74) is 3.23. The van der Waals surface area contributed by atoms with Crippen LogP contribution >= 0.6 is 0 Å². The number of aromatic amines is 1. The molecule has 0 radical (unpaired) electrons. The summed E-state index contributed by atoms with van der Waals surface area (Å²) in [4.78, 5) is 22.6. The van der Waals surface area contributed by atoms with E-state index in [9.17, 15) is 9.18 Å². The molecule has 31 heavy (non-hydrogen) atoms. The van der Waals surface area contributed by atoms with E-state index in [1.165, 1.54) is 0 Å². The van der Waals surface area contributed by atoms with Gasteiger partial charge < -0.3 is 14.6 Å². The van der Waals surface area contributed by atoms with Crippen LogP contribution < -0.4 is 10.2 Å². The van der Waals surface area contributed by atoms with Crippen molar-refractivity contribution in [1.29, 1.82) is 0 Å². The third kappa shape index (κ3) is 3.09. The molecule has 4 aromatic rings. The Kier molecular flexibility index (Phi) is 4.38. The molecule has 1 saturated carbocycles. The second kappa shape index (κ2) is 7.00. The topological polar surface area (TPSA) is 91.2 Å². The number of fused-ring (bicyclic) bond motifs is 2. The van der Waals surface area contributed by atoms with E-state index in [2.05, 4.69) is 25.5 Å². The third-order valence-corrected chi connectivity index (χ3v) is 5.81. The number of alkyl halides is 1. The molecule has 1 aliphatic carbocycles. The Morgan fingerprint density at radius 3 is 2.87 bits per heavy atom. The van der Waals surface area contributed by atoms with Crippen molar-refractivity contribution in [2.45, 2.75) is 26.4 Å². The number of carbonyl (C=O) groups is 1. The van der Waals surface area contributed by atoms with Crippen molar-refractivity contribution in [1.82, 2.24) is 24.6 Å². The molecule has 0 saturated heterocycles. The Bertz CT molecular complexity index is 1330. The number of nitrogens with zero attached hydrogens (tertiary/aromatic N) is 5. The molecule has 0 aliphatic heterocycles. The number of nitrogens with one attached hydrogen (secondary N) is 2. The number of rotatable bonds is 5. The normalized spacial score (nSPS) is 18.0. The Morgan fingerprint density at radius 2 is 2.16 bits per heavy atom. The molecule has 2 atom stereocenters. The fourth-order valence-electron chi connectivity index (χ4n) is 3.84. The molecule has 0 bridgehead atoms. The van der Waals surface area contributed by atoms with Crippen LogP contribution in [0.2, 0.25) is 0 Å². The highest BCUT2D eigenvalue weighted by atomic mass is 19.1. The zero-order valence-electron chi connectivity index (χ0n) is 17.3.